The smallest absolute Gasteiger partial charge is 0.227 e. The monoisotopic (exact) mass is 374 g/mol. The molecule has 2 heterocycles. The van der Waals surface area contributed by atoms with Crippen LogP contribution in [-0.2, 0) is 29.1 Å². The quantitative estimate of drug-likeness (QED) is 0.614. The lowest BCUT2D eigenvalue weighted by atomic mass is 10.1. The maximum absolute atomic E-state index is 11.7. The molecule has 3 aromatic rings. The van der Waals surface area contributed by atoms with Gasteiger partial charge in [0.25, 0.3) is 0 Å². The third-order valence-corrected chi connectivity index (χ3v) is 4.82. The van der Waals surface area contributed by atoms with Crippen LogP contribution in [0.15, 0.2) is 46.1 Å². The molecule has 0 radical (unpaired) electrons. The first-order chi connectivity index (χ1) is 12.5. The lowest BCUT2D eigenvalue weighted by molar-refractivity contribution is 0.373. The number of sulfone groups is 1. The normalized spacial score (nSPS) is 11.5. The van der Waals surface area contributed by atoms with Gasteiger partial charge < -0.3 is 9.26 Å². The number of hydrogen-bond donors (Lipinski definition) is 0. The van der Waals surface area contributed by atoms with Crippen LogP contribution in [0.5, 0.6) is 5.75 Å². The molecular weight excluding hydrogens is 356 g/mol. The van der Waals surface area contributed by atoms with E-state index in [0.717, 1.165) is 11.8 Å². The molecule has 0 unspecified atom stereocenters. The lowest BCUT2D eigenvalue weighted by Gasteiger charge is -2.08. The first-order valence-electron chi connectivity index (χ1n) is 7.90. The van der Waals surface area contributed by atoms with E-state index in [1.807, 2.05) is 0 Å². The number of aromatic nitrogens is 4. The third-order valence-electron chi connectivity index (χ3n) is 3.68. The highest BCUT2D eigenvalue weighted by molar-refractivity contribution is 7.90. The number of ether oxygens (including phenoxy) is 1. The van der Waals surface area contributed by atoms with E-state index in [1.54, 1.807) is 30.6 Å². The van der Waals surface area contributed by atoms with E-state index < -0.39 is 9.84 Å². The molecule has 0 bridgehead atoms. The van der Waals surface area contributed by atoms with Crippen LogP contribution in [0.25, 0.3) is 0 Å². The van der Waals surface area contributed by atoms with Crippen molar-refractivity contribution in [1.29, 1.82) is 0 Å². The van der Waals surface area contributed by atoms with Gasteiger partial charge in [0, 0.05) is 37.9 Å². The first kappa shape index (κ1) is 18.0. The van der Waals surface area contributed by atoms with Crippen LogP contribution in [0.3, 0.4) is 0 Å². The summed E-state index contributed by atoms with van der Waals surface area (Å²) in [6, 6.07) is 6.67. The van der Waals surface area contributed by atoms with Gasteiger partial charge in [0.15, 0.2) is 15.7 Å². The second kappa shape index (κ2) is 7.61. The average Bonchev–Trinajstić information content (AvgIpc) is 3.07. The molecule has 0 saturated carbocycles. The fourth-order valence-corrected chi connectivity index (χ4v) is 3.28. The summed E-state index contributed by atoms with van der Waals surface area (Å²) in [6.07, 6.45) is 6.09. The maximum Gasteiger partial charge on any atom is 0.227 e. The predicted octanol–water partition coefficient (Wildman–Crippen LogP) is 1.65. The van der Waals surface area contributed by atoms with Gasteiger partial charge in [-0.25, -0.2) is 18.4 Å². The van der Waals surface area contributed by atoms with E-state index in [0.29, 0.717) is 42.6 Å². The fourth-order valence-electron chi connectivity index (χ4n) is 2.45. The number of methoxy groups -OCH3 is 1. The summed E-state index contributed by atoms with van der Waals surface area (Å²) in [7, 11) is -1.91. The minimum Gasteiger partial charge on any atom is -0.495 e. The molecular formula is C17H18N4O4S. The van der Waals surface area contributed by atoms with Crippen LogP contribution in [-0.4, -0.2) is 41.9 Å². The molecule has 0 amide bonds. The number of nitrogens with zero attached hydrogens (tertiary/aromatic N) is 4. The molecule has 9 heteroatoms. The van der Waals surface area contributed by atoms with Crippen LogP contribution in [0.1, 0.15) is 23.1 Å². The molecule has 1 aromatic carbocycles. The van der Waals surface area contributed by atoms with Gasteiger partial charge in [-0.15, -0.1) is 0 Å². The van der Waals surface area contributed by atoms with E-state index >= 15 is 0 Å². The zero-order chi connectivity index (χ0) is 18.6. The van der Waals surface area contributed by atoms with Gasteiger partial charge in [0.2, 0.25) is 5.89 Å². The van der Waals surface area contributed by atoms with Crippen molar-refractivity contribution in [3.05, 3.63) is 59.8 Å². The van der Waals surface area contributed by atoms with Crippen molar-refractivity contribution >= 4 is 9.84 Å². The van der Waals surface area contributed by atoms with Gasteiger partial charge in [0.1, 0.15) is 16.5 Å². The van der Waals surface area contributed by atoms with Crippen molar-refractivity contribution in [1.82, 2.24) is 20.1 Å². The van der Waals surface area contributed by atoms with Crippen LogP contribution in [0.4, 0.5) is 0 Å². The zero-order valence-electron chi connectivity index (χ0n) is 14.4. The van der Waals surface area contributed by atoms with Gasteiger partial charge in [-0.05, 0) is 23.8 Å². The summed E-state index contributed by atoms with van der Waals surface area (Å²) in [4.78, 5) is 12.8. The van der Waals surface area contributed by atoms with Gasteiger partial charge in [-0.1, -0.05) is 11.2 Å². The molecule has 26 heavy (non-hydrogen) atoms. The second-order valence-electron chi connectivity index (χ2n) is 5.70. The summed E-state index contributed by atoms with van der Waals surface area (Å²) in [5.74, 6) is 2.04. The standard InChI is InChI=1S/C17H18N4O4S/c1-24-13-10-12(4-5-14(13)26(2,22)23)11-16-20-17(25-21-16)7-6-15-18-8-3-9-19-15/h3-5,8-10H,6-7,11H2,1-2H3. The molecule has 2 aromatic heterocycles. The first-order valence-corrected chi connectivity index (χ1v) is 9.79. The molecule has 0 aliphatic heterocycles. The summed E-state index contributed by atoms with van der Waals surface area (Å²) in [5.41, 5.74) is 0.827. The van der Waals surface area contributed by atoms with Crippen LogP contribution in [0.2, 0.25) is 0 Å². The lowest BCUT2D eigenvalue weighted by Crippen LogP contribution is -2.02. The van der Waals surface area contributed by atoms with Crippen molar-refractivity contribution < 1.29 is 17.7 Å². The van der Waals surface area contributed by atoms with Gasteiger partial charge in [-0.3, -0.25) is 0 Å². The molecule has 136 valence electrons. The highest BCUT2D eigenvalue weighted by Crippen LogP contribution is 2.25. The van der Waals surface area contributed by atoms with Crippen molar-refractivity contribution in [2.24, 2.45) is 0 Å². The molecule has 0 saturated heterocycles. The van der Waals surface area contributed by atoms with Crippen molar-refractivity contribution in [2.45, 2.75) is 24.2 Å². The van der Waals surface area contributed by atoms with Crippen LogP contribution >= 0.6 is 0 Å². The van der Waals surface area contributed by atoms with Crippen molar-refractivity contribution in [3.63, 3.8) is 0 Å². The number of aryl methyl sites for hydroxylation is 2. The second-order valence-corrected chi connectivity index (χ2v) is 7.69. The van der Waals surface area contributed by atoms with Gasteiger partial charge in [0.05, 0.1) is 7.11 Å². The number of rotatable bonds is 7. The molecule has 0 aliphatic rings. The average molecular weight is 374 g/mol. The Kier molecular flexibility index (Phi) is 5.27. The Labute approximate surface area is 151 Å². The zero-order valence-corrected chi connectivity index (χ0v) is 15.2. The molecule has 0 N–H and O–H groups in total. The van der Waals surface area contributed by atoms with Crippen molar-refractivity contribution in [3.8, 4) is 5.75 Å². The van der Waals surface area contributed by atoms with E-state index in [4.69, 9.17) is 9.26 Å². The molecule has 0 fully saturated rings. The Morgan fingerprint density at radius 2 is 1.88 bits per heavy atom. The summed E-state index contributed by atoms with van der Waals surface area (Å²) >= 11 is 0. The van der Waals surface area contributed by atoms with Crippen LogP contribution in [0, 0.1) is 0 Å². The Balaban J connectivity index is 1.69. The van der Waals surface area contributed by atoms with Crippen LogP contribution < -0.4 is 4.74 Å². The largest absolute Gasteiger partial charge is 0.495 e. The Hall–Kier alpha value is -2.81. The Morgan fingerprint density at radius 1 is 1.12 bits per heavy atom. The SMILES string of the molecule is COc1cc(Cc2noc(CCc3ncccn3)n2)ccc1S(C)(=O)=O. The maximum atomic E-state index is 11.7. The minimum absolute atomic E-state index is 0.153. The van der Waals surface area contributed by atoms with Gasteiger partial charge >= 0.3 is 0 Å². The van der Waals surface area contributed by atoms with Gasteiger partial charge in [-0.2, -0.15) is 4.98 Å². The summed E-state index contributed by atoms with van der Waals surface area (Å²) in [5, 5.41) is 3.96. The Morgan fingerprint density at radius 3 is 2.58 bits per heavy atom. The van der Waals surface area contributed by atoms with Crippen molar-refractivity contribution in [2.75, 3.05) is 13.4 Å². The van der Waals surface area contributed by atoms with E-state index in [-0.39, 0.29) is 4.90 Å². The van der Waals surface area contributed by atoms with E-state index in [2.05, 4.69) is 20.1 Å². The highest BCUT2D eigenvalue weighted by Gasteiger charge is 2.15. The Bertz CT molecular complexity index is 987. The molecule has 8 nitrogen and oxygen atoms in total. The van der Waals surface area contributed by atoms with E-state index in [9.17, 15) is 8.42 Å². The number of benzene rings is 1. The predicted molar refractivity (Wildman–Crippen MR) is 92.6 cm³/mol. The third kappa shape index (κ3) is 4.42. The number of hydrogen-bond acceptors (Lipinski definition) is 8. The minimum atomic E-state index is -3.35. The molecule has 3 rings (SSSR count). The molecule has 0 atom stereocenters. The van der Waals surface area contributed by atoms with E-state index in [1.165, 1.54) is 13.2 Å². The summed E-state index contributed by atoms with van der Waals surface area (Å²) in [6.45, 7) is 0. The topological polar surface area (TPSA) is 108 Å². The molecule has 0 spiro atoms. The summed E-state index contributed by atoms with van der Waals surface area (Å²) < 4.78 is 33.9. The highest BCUT2D eigenvalue weighted by atomic mass is 32.2. The molecule has 0 aliphatic carbocycles. The fraction of sp³-hybridized carbons (Fsp3) is 0.294.